The van der Waals surface area contributed by atoms with E-state index in [2.05, 4.69) is 10.6 Å². The number of Topliss-reactive ketones (excluding diaryl/α,β-unsaturated/α-hetero) is 1. The SMILES string of the molecule is CNCCN(CC(C)=O)C(=O)CNC. The normalized spacial score (nSPS) is 9.93. The molecule has 0 atom stereocenters. The van der Waals surface area contributed by atoms with Gasteiger partial charge in [0, 0.05) is 13.1 Å². The van der Waals surface area contributed by atoms with Gasteiger partial charge < -0.3 is 15.5 Å². The van der Waals surface area contributed by atoms with E-state index in [1.54, 1.807) is 11.9 Å². The first-order chi connectivity index (χ1) is 6.61. The van der Waals surface area contributed by atoms with Gasteiger partial charge in [-0.05, 0) is 21.0 Å². The second-order valence-corrected chi connectivity index (χ2v) is 3.15. The van der Waals surface area contributed by atoms with Gasteiger partial charge in [-0.25, -0.2) is 0 Å². The zero-order valence-corrected chi connectivity index (χ0v) is 9.09. The summed E-state index contributed by atoms with van der Waals surface area (Å²) in [5.74, 6) is -0.0384. The Kier molecular flexibility index (Phi) is 6.96. The monoisotopic (exact) mass is 201 g/mol. The Bertz CT molecular complexity index is 194. The molecule has 0 rings (SSSR count). The largest absolute Gasteiger partial charge is 0.333 e. The second kappa shape index (κ2) is 7.46. The highest BCUT2D eigenvalue weighted by Crippen LogP contribution is 1.89. The molecule has 0 aliphatic rings. The van der Waals surface area contributed by atoms with Crippen LogP contribution >= 0.6 is 0 Å². The van der Waals surface area contributed by atoms with Crippen LogP contribution in [0.4, 0.5) is 0 Å². The highest BCUT2D eigenvalue weighted by Gasteiger charge is 2.13. The molecule has 0 aromatic heterocycles. The molecule has 0 unspecified atom stereocenters. The highest BCUT2D eigenvalue weighted by atomic mass is 16.2. The highest BCUT2D eigenvalue weighted by molar-refractivity contribution is 5.85. The molecule has 0 saturated heterocycles. The molecule has 5 heteroatoms. The number of nitrogens with zero attached hydrogens (tertiary/aromatic N) is 1. The number of hydrogen-bond acceptors (Lipinski definition) is 4. The van der Waals surface area contributed by atoms with Crippen LogP contribution in [0.15, 0.2) is 0 Å². The lowest BCUT2D eigenvalue weighted by Gasteiger charge is -2.20. The van der Waals surface area contributed by atoms with Crippen LogP contribution in [0.25, 0.3) is 0 Å². The third-order valence-electron chi connectivity index (χ3n) is 1.73. The standard InChI is InChI=1S/C9H19N3O2/c1-8(13)7-12(5-4-10-2)9(14)6-11-3/h10-11H,4-7H2,1-3H3. The van der Waals surface area contributed by atoms with Gasteiger partial charge in [0.05, 0.1) is 13.1 Å². The summed E-state index contributed by atoms with van der Waals surface area (Å²) >= 11 is 0. The number of hydrogen-bond donors (Lipinski definition) is 2. The Hall–Kier alpha value is -0.940. The number of likely N-dealkylation sites (N-methyl/N-ethyl adjacent to an activating group) is 2. The molecule has 0 radical (unpaired) electrons. The zero-order valence-electron chi connectivity index (χ0n) is 9.09. The number of amides is 1. The minimum absolute atomic E-state index is 0.00514. The maximum atomic E-state index is 11.5. The van der Waals surface area contributed by atoms with Gasteiger partial charge in [-0.15, -0.1) is 0 Å². The Morgan fingerprint density at radius 1 is 1.21 bits per heavy atom. The van der Waals surface area contributed by atoms with Crippen molar-refractivity contribution in [1.82, 2.24) is 15.5 Å². The van der Waals surface area contributed by atoms with E-state index < -0.39 is 0 Å². The zero-order chi connectivity index (χ0) is 11.0. The van der Waals surface area contributed by atoms with E-state index in [1.165, 1.54) is 6.92 Å². The summed E-state index contributed by atoms with van der Waals surface area (Å²) in [5.41, 5.74) is 0. The number of rotatable bonds is 7. The van der Waals surface area contributed by atoms with Gasteiger partial charge in [0.25, 0.3) is 0 Å². The number of ketones is 1. The minimum atomic E-state index is -0.0436. The Morgan fingerprint density at radius 3 is 2.29 bits per heavy atom. The summed E-state index contributed by atoms with van der Waals surface area (Å²) in [4.78, 5) is 23.9. The van der Waals surface area contributed by atoms with Crippen LogP contribution in [0.3, 0.4) is 0 Å². The van der Waals surface area contributed by atoms with Gasteiger partial charge in [0.15, 0.2) is 0 Å². The molecule has 0 saturated carbocycles. The molecule has 2 N–H and O–H groups in total. The van der Waals surface area contributed by atoms with Crippen molar-refractivity contribution in [2.75, 3.05) is 40.3 Å². The van der Waals surface area contributed by atoms with Crippen LogP contribution in [0.1, 0.15) is 6.92 Å². The fraction of sp³-hybridized carbons (Fsp3) is 0.778. The van der Waals surface area contributed by atoms with Gasteiger partial charge in [0.1, 0.15) is 5.78 Å². The average Bonchev–Trinajstić information content (AvgIpc) is 2.12. The molecule has 82 valence electrons. The van der Waals surface area contributed by atoms with E-state index in [9.17, 15) is 9.59 Å². The maximum Gasteiger partial charge on any atom is 0.236 e. The predicted octanol–water partition coefficient (Wildman–Crippen LogP) is -1.16. The molecular weight excluding hydrogens is 182 g/mol. The molecule has 0 aromatic carbocycles. The summed E-state index contributed by atoms with van der Waals surface area (Å²) < 4.78 is 0. The molecule has 1 amide bonds. The van der Waals surface area contributed by atoms with Crippen LogP contribution in [0.5, 0.6) is 0 Å². The molecule has 0 spiro atoms. The summed E-state index contributed by atoms with van der Waals surface area (Å²) in [6.07, 6.45) is 0. The summed E-state index contributed by atoms with van der Waals surface area (Å²) in [5, 5.41) is 5.72. The first-order valence-corrected chi connectivity index (χ1v) is 4.68. The van der Waals surface area contributed by atoms with Crippen molar-refractivity contribution in [3.8, 4) is 0 Å². The van der Waals surface area contributed by atoms with E-state index in [4.69, 9.17) is 0 Å². The molecule has 0 bridgehead atoms. The quantitative estimate of drug-likeness (QED) is 0.545. The van der Waals surface area contributed by atoms with Gasteiger partial charge in [-0.3, -0.25) is 9.59 Å². The van der Waals surface area contributed by atoms with E-state index >= 15 is 0 Å². The lowest BCUT2D eigenvalue weighted by atomic mass is 10.3. The van der Waals surface area contributed by atoms with Crippen molar-refractivity contribution in [2.45, 2.75) is 6.92 Å². The molecule has 0 aromatic rings. The molecular formula is C9H19N3O2. The molecule has 5 nitrogen and oxygen atoms in total. The predicted molar refractivity (Wildman–Crippen MR) is 55.1 cm³/mol. The van der Waals surface area contributed by atoms with Gasteiger partial charge in [-0.2, -0.15) is 0 Å². The molecule has 0 fully saturated rings. The Morgan fingerprint density at radius 2 is 1.86 bits per heavy atom. The first-order valence-electron chi connectivity index (χ1n) is 4.68. The Labute approximate surface area is 84.8 Å². The van der Waals surface area contributed by atoms with Gasteiger partial charge in [-0.1, -0.05) is 0 Å². The van der Waals surface area contributed by atoms with E-state index in [1.807, 2.05) is 7.05 Å². The van der Waals surface area contributed by atoms with Gasteiger partial charge >= 0.3 is 0 Å². The third kappa shape index (κ3) is 5.66. The maximum absolute atomic E-state index is 11.5. The molecule has 0 heterocycles. The van der Waals surface area contributed by atoms with Crippen molar-refractivity contribution < 1.29 is 9.59 Å². The van der Waals surface area contributed by atoms with E-state index in [0.717, 1.165) is 0 Å². The first kappa shape index (κ1) is 13.1. The molecule has 0 aliphatic carbocycles. The number of carbonyl (C=O) groups is 2. The fourth-order valence-corrected chi connectivity index (χ4v) is 1.07. The van der Waals surface area contributed by atoms with E-state index in [0.29, 0.717) is 13.1 Å². The average molecular weight is 201 g/mol. The van der Waals surface area contributed by atoms with Crippen LogP contribution in [-0.4, -0.2) is 56.9 Å². The third-order valence-corrected chi connectivity index (χ3v) is 1.73. The lowest BCUT2D eigenvalue weighted by Crippen LogP contribution is -2.42. The van der Waals surface area contributed by atoms with Crippen LogP contribution in [0.2, 0.25) is 0 Å². The minimum Gasteiger partial charge on any atom is -0.333 e. The summed E-state index contributed by atoms with van der Waals surface area (Å²) in [7, 11) is 3.52. The molecule has 14 heavy (non-hydrogen) atoms. The summed E-state index contributed by atoms with van der Waals surface area (Å²) in [6.45, 7) is 3.22. The van der Waals surface area contributed by atoms with E-state index in [-0.39, 0.29) is 24.8 Å². The number of nitrogens with one attached hydrogen (secondary N) is 2. The topological polar surface area (TPSA) is 61.4 Å². The van der Waals surface area contributed by atoms with Crippen molar-refractivity contribution in [1.29, 1.82) is 0 Å². The smallest absolute Gasteiger partial charge is 0.236 e. The van der Waals surface area contributed by atoms with Gasteiger partial charge in [0.2, 0.25) is 5.91 Å². The van der Waals surface area contributed by atoms with Crippen molar-refractivity contribution >= 4 is 11.7 Å². The van der Waals surface area contributed by atoms with Crippen LogP contribution in [0, 0.1) is 0 Å². The molecule has 0 aliphatic heterocycles. The van der Waals surface area contributed by atoms with Crippen molar-refractivity contribution in [2.24, 2.45) is 0 Å². The van der Waals surface area contributed by atoms with Crippen molar-refractivity contribution in [3.05, 3.63) is 0 Å². The second-order valence-electron chi connectivity index (χ2n) is 3.15. The fourth-order valence-electron chi connectivity index (χ4n) is 1.07. The van der Waals surface area contributed by atoms with Crippen molar-refractivity contribution in [3.63, 3.8) is 0 Å². The lowest BCUT2D eigenvalue weighted by molar-refractivity contribution is -0.134. The van der Waals surface area contributed by atoms with Crippen LogP contribution in [-0.2, 0) is 9.59 Å². The number of carbonyl (C=O) groups excluding carboxylic acids is 2. The summed E-state index contributed by atoms with van der Waals surface area (Å²) in [6, 6.07) is 0. The van der Waals surface area contributed by atoms with Crippen LogP contribution < -0.4 is 10.6 Å². The Balaban J connectivity index is 4.08.